The third-order valence-electron chi connectivity index (χ3n) is 4.74. The van der Waals surface area contributed by atoms with Crippen molar-refractivity contribution in [2.24, 2.45) is 11.3 Å². The lowest BCUT2D eigenvalue weighted by Crippen LogP contribution is -2.61. The van der Waals surface area contributed by atoms with Gasteiger partial charge in [-0.3, -0.25) is 4.79 Å². The van der Waals surface area contributed by atoms with E-state index in [1.807, 2.05) is 0 Å². The summed E-state index contributed by atoms with van der Waals surface area (Å²) in [5.41, 5.74) is 0.0464. The van der Waals surface area contributed by atoms with Crippen LogP contribution in [0, 0.1) is 11.3 Å². The molecule has 0 aromatic carbocycles. The topological polar surface area (TPSA) is 42.4 Å². The molecule has 0 atom stereocenters. The Morgan fingerprint density at radius 1 is 1.38 bits per heavy atom. The first kappa shape index (κ1) is 17.0. The number of hydrogen-bond donors (Lipinski definition) is 0. The van der Waals surface area contributed by atoms with Gasteiger partial charge in [0.15, 0.2) is 0 Å². The van der Waals surface area contributed by atoms with Crippen molar-refractivity contribution < 1.29 is 22.7 Å². The maximum atomic E-state index is 13.0. The van der Waals surface area contributed by atoms with Crippen LogP contribution in [-0.4, -0.2) is 35.5 Å². The second-order valence-electron chi connectivity index (χ2n) is 7.31. The van der Waals surface area contributed by atoms with Crippen LogP contribution in [-0.2, 0) is 17.4 Å². The number of hydrogen-bond acceptors (Lipinski definition) is 3. The molecule has 2 aliphatic rings. The fourth-order valence-electron chi connectivity index (χ4n) is 3.87. The average Bonchev–Trinajstić information content (AvgIpc) is 2.38. The summed E-state index contributed by atoms with van der Waals surface area (Å²) >= 11 is 0. The summed E-state index contributed by atoms with van der Waals surface area (Å²) in [4.78, 5) is 16.5. The quantitative estimate of drug-likeness (QED) is 0.771. The minimum absolute atomic E-state index is 0.245. The van der Waals surface area contributed by atoms with Gasteiger partial charge in [-0.15, -0.1) is 0 Å². The molecule has 1 saturated heterocycles. The molecule has 1 aromatic rings. The molecule has 2 fully saturated rings. The molecule has 0 unspecified atom stereocenters. The summed E-state index contributed by atoms with van der Waals surface area (Å²) in [6.45, 7) is 4.96. The molecule has 24 heavy (non-hydrogen) atoms. The van der Waals surface area contributed by atoms with Gasteiger partial charge in [-0.2, -0.15) is 13.2 Å². The number of halogens is 3. The molecule has 1 aliphatic heterocycles. The maximum Gasteiger partial charge on any atom is 0.421 e. The van der Waals surface area contributed by atoms with Crippen molar-refractivity contribution in [2.75, 3.05) is 13.1 Å². The Bertz CT molecular complexity index is 617. The van der Waals surface area contributed by atoms with Crippen molar-refractivity contribution in [3.05, 3.63) is 23.4 Å². The van der Waals surface area contributed by atoms with E-state index in [0.717, 1.165) is 38.4 Å². The van der Waals surface area contributed by atoms with Gasteiger partial charge in [-0.1, -0.05) is 0 Å². The number of nitrogens with zero attached hydrogens (tertiary/aromatic N) is 2. The highest BCUT2D eigenvalue weighted by atomic mass is 19.4. The highest BCUT2D eigenvalue weighted by molar-refractivity contribution is 5.49. The SMILES string of the molecule is CC(C)Oc1nc(CC2CC3(C2)CN(C=O)C3)ccc1C(F)(F)F. The van der Waals surface area contributed by atoms with Crippen molar-refractivity contribution in [3.8, 4) is 5.88 Å². The van der Waals surface area contributed by atoms with Gasteiger partial charge in [0, 0.05) is 24.2 Å². The molecule has 1 saturated carbocycles. The first-order chi connectivity index (χ1) is 11.2. The van der Waals surface area contributed by atoms with Crippen LogP contribution in [0.3, 0.4) is 0 Å². The van der Waals surface area contributed by atoms with E-state index >= 15 is 0 Å². The predicted molar refractivity (Wildman–Crippen MR) is 81.5 cm³/mol. The lowest BCUT2D eigenvalue weighted by Gasteiger charge is -2.58. The van der Waals surface area contributed by atoms with E-state index in [9.17, 15) is 18.0 Å². The minimum atomic E-state index is -4.47. The summed E-state index contributed by atoms with van der Waals surface area (Å²) in [5.74, 6) is 0.0785. The molecule has 2 heterocycles. The summed E-state index contributed by atoms with van der Waals surface area (Å²) in [5, 5.41) is 0. The van der Waals surface area contributed by atoms with E-state index in [1.165, 1.54) is 6.07 Å². The Kier molecular flexibility index (Phi) is 4.21. The number of alkyl halides is 3. The fourth-order valence-corrected chi connectivity index (χ4v) is 3.87. The molecule has 0 N–H and O–H groups in total. The Balaban J connectivity index is 1.66. The summed E-state index contributed by atoms with van der Waals surface area (Å²) < 4.78 is 44.4. The monoisotopic (exact) mass is 342 g/mol. The molecule has 132 valence electrons. The number of amides is 1. The molecule has 1 aliphatic carbocycles. The van der Waals surface area contributed by atoms with Crippen molar-refractivity contribution in [1.29, 1.82) is 0 Å². The molecular formula is C17H21F3N2O2. The standard InChI is InChI=1S/C17H21F3N2O2/c1-11(2)24-15-14(17(18,19)20)4-3-13(21-15)5-12-6-16(7-12)8-22(9-16)10-23/h3-4,10-12H,5-9H2,1-2H3. The third kappa shape index (κ3) is 3.35. The number of carbonyl (C=O) groups is 1. The van der Waals surface area contributed by atoms with Gasteiger partial charge in [0.1, 0.15) is 5.56 Å². The first-order valence-electron chi connectivity index (χ1n) is 8.14. The van der Waals surface area contributed by atoms with E-state index in [4.69, 9.17) is 4.74 Å². The maximum absolute atomic E-state index is 13.0. The van der Waals surface area contributed by atoms with Gasteiger partial charge in [-0.25, -0.2) is 4.98 Å². The third-order valence-corrected chi connectivity index (χ3v) is 4.74. The van der Waals surface area contributed by atoms with E-state index < -0.39 is 11.7 Å². The van der Waals surface area contributed by atoms with E-state index in [-0.39, 0.29) is 17.4 Å². The number of rotatable bonds is 5. The Morgan fingerprint density at radius 3 is 2.58 bits per heavy atom. The van der Waals surface area contributed by atoms with Crippen LogP contribution in [0.5, 0.6) is 5.88 Å². The van der Waals surface area contributed by atoms with Gasteiger partial charge in [0.2, 0.25) is 12.3 Å². The van der Waals surface area contributed by atoms with Crippen LogP contribution in [0.1, 0.15) is 37.9 Å². The van der Waals surface area contributed by atoms with Gasteiger partial charge < -0.3 is 9.64 Å². The van der Waals surface area contributed by atoms with Gasteiger partial charge in [0.05, 0.1) is 6.10 Å². The number of carbonyl (C=O) groups excluding carboxylic acids is 1. The van der Waals surface area contributed by atoms with Crippen molar-refractivity contribution in [1.82, 2.24) is 9.88 Å². The van der Waals surface area contributed by atoms with E-state index in [0.29, 0.717) is 18.0 Å². The summed E-state index contributed by atoms with van der Waals surface area (Å²) in [7, 11) is 0. The zero-order valence-corrected chi connectivity index (χ0v) is 13.8. The van der Waals surface area contributed by atoms with Crippen LogP contribution in [0.15, 0.2) is 12.1 Å². The van der Waals surface area contributed by atoms with Crippen LogP contribution in [0.25, 0.3) is 0 Å². The first-order valence-corrected chi connectivity index (χ1v) is 8.14. The second kappa shape index (κ2) is 5.93. The molecule has 1 amide bonds. The number of ether oxygens (including phenoxy) is 1. The number of pyridine rings is 1. The van der Waals surface area contributed by atoms with Crippen molar-refractivity contribution in [2.45, 2.75) is 45.4 Å². The summed E-state index contributed by atoms with van der Waals surface area (Å²) in [6, 6.07) is 2.51. The highest BCUT2D eigenvalue weighted by Gasteiger charge is 2.51. The molecule has 7 heteroatoms. The lowest BCUT2D eigenvalue weighted by atomic mass is 9.57. The second-order valence-corrected chi connectivity index (χ2v) is 7.31. The molecule has 0 bridgehead atoms. The van der Waals surface area contributed by atoms with Crippen molar-refractivity contribution >= 4 is 6.41 Å². The van der Waals surface area contributed by atoms with Gasteiger partial charge >= 0.3 is 6.18 Å². The lowest BCUT2D eigenvalue weighted by molar-refractivity contribution is -0.141. The number of likely N-dealkylation sites (tertiary alicyclic amines) is 1. The summed E-state index contributed by atoms with van der Waals surface area (Å²) in [6.07, 6.45) is -1.33. The molecular weight excluding hydrogens is 321 g/mol. The van der Waals surface area contributed by atoms with E-state index in [1.54, 1.807) is 18.7 Å². The molecule has 3 rings (SSSR count). The molecule has 0 radical (unpaired) electrons. The fraction of sp³-hybridized carbons (Fsp3) is 0.647. The van der Waals surface area contributed by atoms with Crippen LogP contribution in [0.4, 0.5) is 13.2 Å². The Labute approximate surface area is 139 Å². The van der Waals surface area contributed by atoms with Crippen LogP contribution < -0.4 is 4.74 Å². The zero-order chi connectivity index (χ0) is 17.5. The zero-order valence-electron chi connectivity index (χ0n) is 13.8. The minimum Gasteiger partial charge on any atom is -0.475 e. The largest absolute Gasteiger partial charge is 0.475 e. The number of aromatic nitrogens is 1. The Morgan fingerprint density at radius 2 is 2.04 bits per heavy atom. The highest BCUT2D eigenvalue weighted by Crippen LogP contribution is 2.52. The van der Waals surface area contributed by atoms with Crippen LogP contribution >= 0.6 is 0 Å². The average molecular weight is 342 g/mol. The van der Waals surface area contributed by atoms with Crippen molar-refractivity contribution in [3.63, 3.8) is 0 Å². The molecule has 1 spiro atoms. The van der Waals surface area contributed by atoms with Gasteiger partial charge in [0.25, 0.3) is 0 Å². The Hall–Kier alpha value is -1.79. The predicted octanol–water partition coefficient (Wildman–Crippen LogP) is 3.30. The normalized spacial score (nSPS) is 20.0. The smallest absolute Gasteiger partial charge is 0.421 e. The van der Waals surface area contributed by atoms with Crippen LogP contribution in [0.2, 0.25) is 0 Å². The molecule has 1 aromatic heterocycles. The molecule has 4 nitrogen and oxygen atoms in total. The van der Waals surface area contributed by atoms with E-state index in [2.05, 4.69) is 4.98 Å². The van der Waals surface area contributed by atoms with Gasteiger partial charge in [-0.05, 0) is 51.2 Å².